The van der Waals surface area contributed by atoms with Crippen molar-refractivity contribution >= 4 is 33.2 Å². The van der Waals surface area contributed by atoms with Gasteiger partial charge in [-0.3, -0.25) is 9.10 Å². The van der Waals surface area contributed by atoms with Crippen molar-refractivity contribution in [2.24, 2.45) is 0 Å². The second kappa shape index (κ2) is 10.7. The molecule has 3 rings (SSSR count). The topological polar surface area (TPSA) is 66.9 Å². The van der Waals surface area contributed by atoms with Crippen LogP contribution in [0.5, 0.6) is 5.75 Å². The van der Waals surface area contributed by atoms with Gasteiger partial charge in [-0.05, 0) is 55.8 Å². The average Bonchev–Trinajstić information content (AvgIpc) is 2.80. The summed E-state index contributed by atoms with van der Waals surface area (Å²) in [6, 6.07) is 20.5. The van der Waals surface area contributed by atoms with Crippen LogP contribution in [0.15, 0.2) is 77.7 Å². The van der Waals surface area contributed by atoms with Gasteiger partial charge < -0.3 is 9.64 Å². The van der Waals surface area contributed by atoms with Crippen molar-refractivity contribution in [3.05, 3.63) is 88.9 Å². The van der Waals surface area contributed by atoms with Crippen LogP contribution >= 0.6 is 11.6 Å². The molecule has 3 aromatic rings. The first-order chi connectivity index (χ1) is 15.7. The van der Waals surface area contributed by atoms with Gasteiger partial charge in [-0.25, -0.2) is 8.42 Å². The minimum atomic E-state index is -4.07. The van der Waals surface area contributed by atoms with Crippen LogP contribution < -0.4 is 9.04 Å². The smallest absolute Gasteiger partial charge is 0.264 e. The third-order valence-electron chi connectivity index (χ3n) is 5.08. The van der Waals surface area contributed by atoms with E-state index in [2.05, 4.69) is 0 Å². The molecule has 0 spiro atoms. The first-order valence-corrected chi connectivity index (χ1v) is 12.3. The van der Waals surface area contributed by atoms with Crippen molar-refractivity contribution in [1.29, 1.82) is 0 Å². The Kier molecular flexibility index (Phi) is 8.00. The van der Waals surface area contributed by atoms with E-state index in [1.165, 1.54) is 29.2 Å². The van der Waals surface area contributed by atoms with E-state index in [9.17, 15) is 13.2 Å². The lowest BCUT2D eigenvalue weighted by Gasteiger charge is -2.28. The van der Waals surface area contributed by atoms with Gasteiger partial charge in [-0.1, -0.05) is 53.6 Å². The molecule has 0 heterocycles. The highest BCUT2D eigenvalue weighted by Gasteiger charge is 2.30. The number of hydrogen-bond donors (Lipinski definition) is 0. The van der Waals surface area contributed by atoms with Crippen molar-refractivity contribution < 1.29 is 17.9 Å². The summed E-state index contributed by atoms with van der Waals surface area (Å²) in [5, 5.41) is 0.420. The molecule has 33 heavy (non-hydrogen) atoms. The van der Waals surface area contributed by atoms with Crippen LogP contribution in [0.1, 0.15) is 18.1 Å². The quantitative estimate of drug-likeness (QED) is 0.431. The number of hydrogen-bond acceptors (Lipinski definition) is 4. The molecule has 0 radical (unpaired) electrons. The molecule has 0 aliphatic heterocycles. The summed E-state index contributed by atoms with van der Waals surface area (Å²) in [4.78, 5) is 14.7. The first kappa shape index (κ1) is 24.6. The van der Waals surface area contributed by atoms with Crippen LogP contribution in [0.3, 0.4) is 0 Å². The molecule has 6 nitrogen and oxygen atoms in total. The zero-order chi connectivity index (χ0) is 24.0. The van der Waals surface area contributed by atoms with Crippen molar-refractivity contribution in [2.75, 3.05) is 24.5 Å². The molecule has 8 heteroatoms. The molecule has 3 aromatic carbocycles. The summed E-state index contributed by atoms with van der Waals surface area (Å²) >= 11 is 5.95. The zero-order valence-electron chi connectivity index (χ0n) is 18.9. The Balaban J connectivity index is 1.95. The zero-order valence-corrected chi connectivity index (χ0v) is 20.4. The lowest BCUT2D eigenvalue weighted by molar-refractivity contribution is -0.128. The van der Waals surface area contributed by atoms with Crippen LogP contribution in [0, 0.1) is 6.92 Å². The molecule has 0 saturated heterocycles. The van der Waals surface area contributed by atoms with E-state index in [1.807, 2.05) is 38.1 Å². The molecule has 0 aliphatic rings. The van der Waals surface area contributed by atoms with Crippen LogP contribution in [0.25, 0.3) is 0 Å². The second-order valence-corrected chi connectivity index (χ2v) is 9.90. The van der Waals surface area contributed by atoms with Crippen LogP contribution in [-0.2, 0) is 21.4 Å². The fraction of sp³-hybridized carbons (Fsp3) is 0.240. The molecule has 0 fully saturated rings. The molecule has 1 amide bonds. The molecule has 0 N–H and O–H groups in total. The van der Waals surface area contributed by atoms with Gasteiger partial charge in [-0.2, -0.15) is 0 Å². The van der Waals surface area contributed by atoms with Crippen LogP contribution in [0.2, 0.25) is 5.02 Å². The fourth-order valence-corrected chi connectivity index (χ4v) is 4.82. The number of ether oxygens (including phenoxy) is 1. The lowest BCUT2D eigenvalue weighted by atomic mass is 10.1. The van der Waals surface area contributed by atoms with E-state index in [1.54, 1.807) is 31.3 Å². The van der Waals surface area contributed by atoms with E-state index in [0.29, 0.717) is 29.6 Å². The molecule has 174 valence electrons. The number of aryl methyl sites for hydroxylation is 1. The molecule has 0 aromatic heterocycles. The predicted molar refractivity (Wildman–Crippen MR) is 131 cm³/mol. The number of carbonyl (C=O) groups is 1. The maximum atomic E-state index is 13.6. The van der Waals surface area contributed by atoms with E-state index in [4.69, 9.17) is 16.3 Å². The number of carbonyl (C=O) groups excluding carboxylic acids is 1. The summed E-state index contributed by atoms with van der Waals surface area (Å²) in [5.41, 5.74) is 2.38. The molecule has 0 aliphatic carbocycles. The number of amides is 1. The maximum Gasteiger partial charge on any atom is 0.264 e. The Hall–Kier alpha value is -3.03. The third kappa shape index (κ3) is 6.06. The molecule has 0 bridgehead atoms. The summed E-state index contributed by atoms with van der Waals surface area (Å²) in [5.74, 6) is 0.0333. The van der Waals surface area contributed by atoms with Gasteiger partial charge in [0.15, 0.2) is 0 Å². The minimum Gasteiger partial charge on any atom is -0.492 e. The van der Waals surface area contributed by atoms with Crippen molar-refractivity contribution in [1.82, 2.24) is 4.90 Å². The number of benzene rings is 3. The first-order valence-electron chi connectivity index (χ1n) is 10.5. The molecule has 0 atom stereocenters. The van der Waals surface area contributed by atoms with Crippen LogP contribution in [-0.4, -0.2) is 39.4 Å². The number of likely N-dealkylation sites (N-methyl/N-ethyl adjacent to an activating group) is 1. The van der Waals surface area contributed by atoms with Gasteiger partial charge in [0.25, 0.3) is 10.0 Å². The van der Waals surface area contributed by atoms with Crippen molar-refractivity contribution in [2.45, 2.75) is 25.3 Å². The van der Waals surface area contributed by atoms with Crippen molar-refractivity contribution in [3.8, 4) is 5.75 Å². The van der Waals surface area contributed by atoms with E-state index < -0.39 is 10.0 Å². The average molecular weight is 487 g/mol. The highest BCUT2D eigenvalue weighted by molar-refractivity contribution is 7.92. The van der Waals surface area contributed by atoms with Crippen molar-refractivity contribution in [3.63, 3.8) is 0 Å². The SMILES string of the molecule is CCOc1ccccc1N(CC(=O)N(C)Cc1ccc(C)cc1)S(=O)(=O)c1ccc(Cl)cc1. The number of halogens is 1. The second-order valence-electron chi connectivity index (χ2n) is 7.60. The summed E-state index contributed by atoms with van der Waals surface area (Å²) < 4.78 is 34.0. The Bertz CT molecular complexity index is 1200. The van der Waals surface area contributed by atoms with Gasteiger partial charge in [0, 0.05) is 18.6 Å². The Labute approximate surface area is 200 Å². The standard InChI is InChI=1S/C25H27ClN2O4S/c1-4-32-24-8-6-5-7-23(24)28(33(30,31)22-15-13-21(26)14-16-22)18-25(29)27(3)17-20-11-9-19(2)10-12-20/h5-16H,4,17-18H2,1-3H3. The normalized spacial score (nSPS) is 11.2. The molecule has 0 unspecified atom stereocenters. The van der Waals surface area contributed by atoms with Crippen LogP contribution in [0.4, 0.5) is 5.69 Å². The van der Waals surface area contributed by atoms with Gasteiger partial charge in [0.1, 0.15) is 12.3 Å². The van der Waals surface area contributed by atoms with Gasteiger partial charge >= 0.3 is 0 Å². The van der Waals surface area contributed by atoms with Gasteiger partial charge in [-0.15, -0.1) is 0 Å². The highest BCUT2D eigenvalue weighted by atomic mass is 35.5. The van der Waals surface area contributed by atoms with Gasteiger partial charge in [0.2, 0.25) is 5.91 Å². The third-order valence-corrected chi connectivity index (χ3v) is 7.11. The summed E-state index contributed by atoms with van der Waals surface area (Å²) in [6.07, 6.45) is 0. The summed E-state index contributed by atoms with van der Waals surface area (Å²) in [7, 11) is -2.42. The lowest BCUT2D eigenvalue weighted by Crippen LogP contribution is -2.41. The van der Waals surface area contributed by atoms with E-state index in [0.717, 1.165) is 15.4 Å². The Morgan fingerprint density at radius 2 is 1.61 bits per heavy atom. The Morgan fingerprint density at radius 3 is 2.24 bits per heavy atom. The van der Waals surface area contributed by atoms with Gasteiger partial charge in [0.05, 0.1) is 17.2 Å². The maximum absolute atomic E-state index is 13.6. The van der Waals surface area contributed by atoms with E-state index in [-0.39, 0.29) is 17.3 Å². The largest absolute Gasteiger partial charge is 0.492 e. The monoisotopic (exact) mass is 486 g/mol. The number of nitrogens with zero attached hydrogens (tertiary/aromatic N) is 2. The number of rotatable bonds is 9. The number of sulfonamides is 1. The Morgan fingerprint density at radius 1 is 0.970 bits per heavy atom. The molecular weight excluding hydrogens is 460 g/mol. The summed E-state index contributed by atoms with van der Waals surface area (Å²) in [6.45, 7) is 4.15. The molecular formula is C25H27ClN2O4S. The van der Waals surface area contributed by atoms with E-state index >= 15 is 0 Å². The minimum absolute atomic E-state index is 0.0344. The highest BCUT2D eigenvalue weighted by Crippen LogP contribution is 2.33. The molecule has 0 saturated carbocycles. The number of para-hydroxylation sites is 2. The fourth-order valence-electron chi connectivity index (χ4n) is 3.27. The number of anilines is 1. The predicted octanol–water partition coefficient (Wildman–Crippen LogP) is 4.90.